The van der Waals surface area contributed by atoms with E-state index in [0.717, 1.165) is 38.1 Å². The maximum Gasteiger partial charge on any atom is 0.181 e. The number of aromatic nitrogens is 2. The zero-order valence-electron chi connectivity index (χ0n) is 21.5. The van der Waals surface area contributed by atoms with Gasteiger partial charge in [0.15, 0.2) is 9.84 Å². The van der Waals surface area contributed by atoms with Crippen molar-refractivity contribution in [2.24, 2.45) is 7.05 Å². The van der Waals surface area contributed by atoms with Crippen LogP contribution in [0.15, 0.2) is 53.7 Å². The Labute approximate surface area is 241 Å². The molecule has 3 aromatic rings. The van der Waals surface area contributed by atoms with Crippen LogP contribution in [0.25, 0.3) is 0 Å². The predicted octanol–water partition coefficient (Wildman–Crippen LogP) is 6.13. The van der Waals surface area contributed by atoms with Crippen LogP contribution in [0, 0.1) is 0 Å². The molecular formula is C28H34Cl3N3O3S. The van der Waals surface area contributed by atoms with E-state index < -0.39 is 9.84 Å². The average Bonchev–Trinajstić information content (AvgIpc) is 3.57. The molecule has 5 rings (SSSR count). The maximum atomic E-state index is 12.5. The van der Waals surface area contributed by atoms with Crippen molar-refractivity contribution >= 4 is 45.4 Å². The number of nitrogens with zero attached hydrogens (tertiary/aromatic N) is 3. The number of rotatable bonds is 9. The number of hydrogen-bond donors (Lipinski definition) is 0. The summed E-state index contributed by atoms with van der Waals surface area (Å²) in [4.78, 5) is 2.91. The van der Waals surface area contributed by atoms with Gasteiger partial charge < -0.3 is 4.74 Å². The van der Waals surface area contributed by atoms with Crippen LogP contribution in [-0.4, -0.2) is 54.6 Å². The average molecular weight is 599 g/mol. The molecule has 2 heterocycles. The number of sulfone groups is 1. The number of aryl methyl sites for hydroxylation is 2. The highest BCUT2D eigenvalue weighted by Crippen LogP contribution is 2.40. The quantitative estimate of drug-likeness (QED) is 0.277. The first-order chi connectivity index (χ1) is 17.8. The van der Waals surface area contributed by atoms with E-state index in [1.807, 2.05) is 18.2 Å². The van der Waals surface area contributed by atoms with Crippen molar-refractivity contribution in [3.05, 3.63) is 75.5 Å². The Morgan fingerprint density at radius 1 is 1.08 bits per heavy atom. The molecule has 1 aliphatic heterocycles. The van der Waals surface area contributed by atoms with E-state index in [1.165, 1.54) is 46.6 Å². The maximum absolute atomic E-state index is 12.5. The van der Waals surface area contributed by atoms with Gasteiger partial charge in [0.05, 0.1) is 28.6 Å². The molecule has 1 aliphatic carbocycles. The minimum absolute atomic E-state index is 0. The molecule has 0 spiro atoms. The first-order valence-electron chi connectivity index (χ1n) is 13.0. The van der Waals surface area contributed by atoms with E-state index in [0.29, 0.717) is 35.0 Å². The van der Waals surface area contributed by atoms with Crippen LogP contribution in [0.5, 0.6) is 5.75 Å². The second-order valence-electron chi connectivity index (χ2n) is 10.1. The molecule has 6 nitrogen and oxygen atoms in total. The zero-order valence-corrected chi connectivity index (χ0v) is 24.6. The summed E-state index contributed by atoms with van der Waals surface area (Å²) < 4.78 is 32.6. The summed E-state index contributed by atoms with van der Waals surface area (Å²) in [5.74, 6) is 1.15. The van der Waals surface area contributed by atoms with E-state index in [2.05, 4.69) is 28.2 Å². The van der Waals surface area contributed by atoms with Crippen LogP contribution in [0.2, 0.25) is 10.0 Å². The molecule has 1 saturated heterocycles. The van der Waals surface area contributed by atoms with Gasteiger partial charge in [-0.2, -0.15) is 5.10 Å². The summed E-state index contributed by atoms with van der Waals surface area (Å²) in [7, 11) is -1.65. The fourth-order valence-corrected chi connectivity index (χ4v) is 7.32. The third-order valence-corrected chi connectivity index (χ3v) is 10.1. The lowest BCUT2D eigenvalue weighted by molar-refractivity contribution is 0.188. The third kappa shape index (κ3) is 6.68. The van der Waals surface area contributed by atoms with E-state index in [4.69, 9.17) is 27.9 Å². The molecule has 2 atom stereocenters. The SMILES string of the molecule is Cl.Cn1cc(S(=O)(=O)CCCOc2ccc3c(c2)C(Cc2ccc(Cl)c(Cl)c2)C(N2CCCC2)CC3)cn1. The fourth-order valence-electron chi connectivity index (χ4n) is 5.74. The van der Waals surface area contributed by atoms with Gasteiger partial charge >= 0.3 is 0 Å². The van der Waals surface area contributed by atoms with Gasteiger partial charge in [0.25, 0.3) is 0 Å². The zero-order chi connectivity index (χ0) is 26.0. The molecule has 0 bridgehead atoms. The summed E-state index contributed by atoms with van der Waals surface area (Å²) in [5, 5.41) is 5.13. The Hall–Kier alpha value is -1.77. The van der Waals surface area contributed by atoms with Gasteiger partial charge in [-0.05, 0) is 92.6 Å². The molecule has 0 N–H and O–H groups in total. The van der Waals surface area contributed by atoms with Crippen molar-refractivity contribution in [1.82, 2.24) is 14.7 Å². The van der Waals surface area contributed by atoms with Crippen molar-refractivity contribution < 1.29 is 13.2 Å². The first-order valence-corrected chi connectivity index (χ1v) is 15.4. The summed E-state index contributed by atoms with van der Waals surface area (Å²) in [5.41, 5.74) is 3.88. The third-order valence-electron chi connectivity index (χ3n) is 7.61. The highest BCUT2D eigenvalue weighted by atomic mass is 35.5. The number of fused-ring (bicyclic) bond motifs is 1. The summed E-state index contributed by atoms with van der Waals surface area (Å²) in [6, 6.07) is 12.8. The molecule has 0 saturated carbocycles. The summed E-state index contributed by atoms with van der Waals surface area (Å²) in [6.45, 7) is 2.64. The standard InChI is InChI=1S/C28H33Cl2N3O3S.ClH/c1-32-19-23(18-31-32)37(34,35)14-4-13-36-22-8-6-21-7-10-28(33-11-2-3-12-33)25(24(21)17-22)15-20-5-9-26(29)27(30)16-20;/h5-6,8-9,16-19,25,28H,2-4,7,10-15H2,1H3;1H. The largest absolute Gasteiger partial charge is 0.494 e. The Balaban J connectivity index is 0.00000336. The van der Waals surface area contributed by atoms with E-state index in [-0.39, 0.29) is 23.1 Å². The van der Waals surface area contributed by atoms with Crippen LogP contribution in [-0.2, 0) is 29.7 Å². The molecule has 0 radical (unpaired) electrons. The van der Waals surface area contributed by atoms with E-state index >= 15 is 0 Å². The second kappa shape index (κ2) is 12.6. The Morgan fingerprint density at radius 3 is 2.58 bits per heavy atom. The highest BCUT2D eigenvalue weighted by molar-refractivity contribution is 7.91. The lowest BCUT2D eigenvalue weighted by atomic mass is 9.75. The number of halogens is 3. The topological polar surface area (TPSA) is 64.4 Å². The molecule has 2 unspecified atom stereocenters. The van der Waals surface area contributed by atoms with Gasteiger partial charge in [-0.3, -0.25) is 9.58 Å². The molecule has 2 aromatic carbocycles. The molecule has 1 aromatic heterocycles. The van der Waals surface area contributed by atoms with Gasteiger partial charge in [-0.1, -0.05) is 35.3 Å². The van der Waals surface area contributed by atoms with Gasteiger partial charge in [-0.25, -0.2) is 8.42 Å². The van der Waals surface area contributed by atoms with Crippen LogP contribution >= 0.6 is 35.6 Å². The lowest BCUT2D eigenvalue weighted by Crippen LogP contribution is -2.41. The van der Waals surface area contributed by atoms with E-state index in [9.17, 15) is 8.42 Å². The number of likely N-dealkylation sites (tertiary alicyclic amines) is 1. The normalized spacial score (nSPS) is 19.7. The van der Waals surface area contributed by atoms with Gasteiger partial charge in [0.2, 0.25) is 0 Å². The van der Waals surface area contributed by atoms with Crippen molar-refractivity contribution in [3.63, 3.8) is 0 Å². The van der Waals surface area contributed by atoms with Crippen molar-refractivity contribution in [3.8, 4) is 5.75 Å². The molecule has 2 aliphatic rings. The first kappa shape index (κ1) is 29.2. The van der Waals surface area contributed by atoms with Crippen molar-refractivity contribution in [2.45, 2.75) is 55.4 Å². The predicted molar refractivity (Wildman–Crippen MR) is 155 cm³/mol. The van der Waals surface area contributed by atoms with Gasteiger partial charge in [0, 0.05) is 25.2 Å². The van der Waals surface area contributed by atoms with Crippen LogP contribution in [0.1, 0.15) is 48.3 Å². The Morgan fingerprint density at radius 2 is 1.87 bits per heavy atom. The van der Waals surface area contributed by atoms with Crippen molar-refractivity contribution in [2.75, 3.05) is 25.4 Å². The number of hydrogen-bond acceptors (Lipinski definition) is 5. The minimum atomic E-state index is -3.36. The lowest BCUT2D eigenvalue weighted by Gasteiger charge is -2.39. The van der Waals surface area contributed by atoms with Crippen LogP contribution in [0.4, 0.5) is 0 Å². The molecular weight excluding hydrogens is 565 g/mol. The molecule has 1 fully saturated rings. The summed E-state index contributed by atoms with van der Waals surface area (Å²) in [6.07, 6.45) is 8.94. The fraction of sp³-hybridized carbons (Fsp3) is 0.464. The van der Waals surface area contributed by atoms with Gasteiger partial charge in [-0.15, -0.1) is 12.4 Å². The monoisotopic (exact) mass is 597 g/mol. The van der Waals surface area contributed by atoms with E-state index in [1.54, 1.807) is 7.05 Å². The van der Waals surface area contributed by atoms with Gasteiger partial charge in [0.1, 0.15) is 10.6 Å². The Kier molecular flexibility index (Phi) is 9.69. The second-order valence-corrected chi connectivity index (χ2v) is 13.1. The molecule has 10 heteroatoms. The summed E-state index contributed by atoms with van der Waals surface area (Å²) >= 11 is 12.5. The van der Waals surface area contributed by atoms with Crippen LogP contribution < -0.4 is 4.74 Å². The smallest absolute Gasteiger partial charge is 0.181 e. The van der Waals surface area contributed by atoms with Crippen molar-refractivity contribution in [1.29, 1.82) is 0 Å². The minimum Gasteiger partial charge on any atom is -0.494 e. The van der Waals surface area contributed by atoms with Crippen LogP contribution in [0.3, 0.4) is 0 Å². The Bertz CT molecular complexity index is 1360. The number of benzene rings is 2. The molecule has 38 heavy (non-hydrogen) atoms. The highest BCUT2D eigenvalue weighted by Gasteiger charge is 2.35. The molecule has 0 amide bonds. The molecule has 206 valence electrons. The number of ether oxygens (including phenoxy) is 1.